The first-order chi connectivity index (χ1) is 14.5. The Morgan fingerprint density at radius 2 is 1.93 bits per heavy atom. The van der Waals surface area contributed by atoms with E-state index in [-0.39, 0.29) is 35.6 Å². The van der Waals surface area contributed by atoms with Crippen LogP contribution in [0.25, 0.3) is 11.0 Å². The van der Waals surface area contributed by atoms with Crippen molar-refractivity contribution in [3.05, 3.63) is 60.1 Å². The van der Waals surface area contributed by atoms with Crippen LogP contribution < -0.4 is 5.32 Å². The van der Waals surface area contributed by atoms with Gasteiger partial charge in [0.15, 0.2) is 11.3 Å². The van der Waals surface area contributed by atoms with E-state index in [0.717, 1.165) is 10.9 Å². The van der Waals surface area contributed by atoms with Crippen LogP contribution in [-0.2, 0) is 16.6 Å². The highest BCUT2D eigenvalue weighted by atomic mass is 32.2. The van der Waals surface area contributed by atoms with Crippen LogP contribution in [0.5, 0.6) is 0 Å². The van der Waals surface area contributed by atoms with Gasteiger partial charge < -0.3 is 14.8 Å². The van der Waals surface area contributed by atoms with Gasteiger partial charge in [-0.15, -0.1) is 0 Å². The van der Waals surface area contributed by atoms with Crippen LogP contribution >= 0.6 is 0 Å². The van der Waals surface area contributed by atoms with Gasteiger partial charge >= 0.3 is 0 Å². The molecular weight excluding hydrogens is 406 g/mol. The van der Waals surface area contributed by atoms with Gasteiger partial charge in [-0.2, -0.15) is 4.31 Å². The number of amides is 1. The first-order valence-electron chi connectivity index (χ1n) is 9.79. The fourth-order valence-electron chi connectivity index (χ4n) is 3.53. The third-order valence-corrected chi connectivity index (χ3v) is 7.31. The molecule has 0 atom stereocenters. The second kappa shape index (κ2) is 8.55. The molecule has 3 heterocycles. The molecule has 158 valence electrons. The van der Waals surface area contributed by atoms with Crippen LogP contribution in [0.2, 0.25) is 0 Å². The van der Waals surface area contributed by atoms with Crippen LogP contribution in [-0.4, -0.2) is 48.4 Å². The lowest BCUT2D eigenvalue weighted by molar-refractivity contribution is 0.0925. The molecule has 0 bridgehead atoms. The maximum Gasteiger partial charge on any atom is 0.287 e. The van der Waals surface area contributed by atoms with E-state index in [1.807, 2.05) is 0 Å². The molecule has 0 unspecified atom stereocenters. The molecule has 1 aromatic carbocycles. The average Bonchev–Trinajstić information content (AvgIpc) is 3.22. The molecule has 1 amide bonds. The zero-order valence-corrected chi connectivity index (χ0v) is 17.1. The maximum absolute atomic E-state index is 12.8. The van der Waals surface area contributed by atoms with Gasteiger partial charge in [-0.3, -0.25) is 9.78 Å². The van der Waals surface area contributed by atoms with Crippen LogP contribution in [0.4, 0.5) is 0 Å². The number of sulfonamides is 1. The van der Waals surface area contributed by atoms with Crippen molar-refractivity contribution in [2.24, 2.45) is 5.92 Å². The minimum Gasteiger partial charge on any atom is -0.449 e. The largest absolute Gasteiger partial charge is 0.449 e. The number of fused-ring (bicyclic) bond motifs is 1. The first-order valence-corrected chi connectivity index (χ1v) is 11.2. The van der Waals surface area contributed by atoms with Crippen molar-refractivity contribution in [2.75, 3.05) is 19.7 Å². The number of pyridine rings is 1. The number of aromatic nitrogens is 1. The van der Waals surface area contributed by atoms with Crippen molar-refractivity contribution in [2.45, 2.75) is 24.3 Å². The van der Waals surface area contributed by atoms with Gasteiger partial charge in [-0.25, -0.2) is 8.42 Å². The number of piperidine rings is 1. The number of benzene rings is 1. The molecule has 0 spiro atoms. The molecule has 0 radical (unpaired) electrons. The molecular formula is C21H23N3O5S. The van der Waals surface area contributed by atoms with E-state index in [9.17, 15) is 18.3 Å². The summed E-state index contributed by atoms with van der Waals surface area (Å²) >= 11 is 0. The summed E-state index contributed by atoms with van der Waals surface area (Å²) in [5.74, 6) is 0.0172. The lowest BCUT2D eigenvalue weighted by Crippen LogP contribution is -2.39. The van der Waals surface area contributed by atoms with Gasteiger partial charge in [0.05, 0.1) is 11.1 Å². The molecule has 2 aromatic heterocycles. The monoisotopic (exact) mass is 429 g/mol. The second-order valence-corrected chi connectivity index (χ2v) is 9.32. The van der Waals surface area contributed by atoms with Gasteiger partial charge in [0.1, 0.15) is 0 Å². The second-order valence-electron chi connectivity index (χ2n) is 7.38. The van der Waals surface area contributed by atoms with E-state index < -0.39 is 10.0 Å². The molecule has 9 heteroatoms. The van der Waals surface area contributed by atoms with Gasteiger partial charge in [0.25, 0.3) is 5.91 Å². The van der Waals surface area contributed by atoms with Gasteiger partial charge in [0, 0.05) is 37.8 Å². The molecule has 30 heavy (non-hydrogen) atoms. The van der Waals surface area contributed by atoms with Crippen LogP contribution in [0.3, 0.4) is 0 Å². The zero-order chi connectivity index (χ0) is 21.1. The number of hydrogen-bond acceptors (Lipinski definition) is 6. The van der Waals surface area contributed by atoms with Crippen LogP contribution in [0.1, 0.15) is 29.0 Å². The normalized spacial score (nSPS) is 16.0. The van der Waals surface area contributed by atoms with E-state index in [2.05, 4.69) is 10.3 Å². The predicted octanol–water partition coefficient (Wildman–Crippen LogP) is 2.15. The van der Waals surface area contributed by atoms with E-state index in [4.69, 9.17) is 4.42 Å². The Labute approximate surface area is 174 Å². The SMILES string of the molecule is O=C(NCc1ccc(S(=O)(=O)N2CCC(CO)CC2)cc1)c1cc2ccncc2o1. The standard InChI is InChI=1S/C21H23N3O5S/c25-14-16-6-9-24(10-7-16)30(27,28)18-3-1-15(2-4-18)12-23-21(26)19-11-17-5-8-22-13-20(17)29-19/h1-5,8,11,13,16,25H,6-7,9-10,12,14H2,(H,23,26). The van der Waals surface area contributed by atoms with Crippen molar-refractivity contribution >= 4 is 26.9 Å². The molecule has 1 aliphatic heterocycles. The van der Waals surface area contributed by atoms with E-state index in [0.29, 0.717) is 31.5 Å². The highest BCUT2D eigenvalue weighted by Gasteiger charge is 2.29. The lowest BCUT2D eigenvalue weighted by Gasteiger charge is -2.30. The third-order valence-electron chi connectivity index (χ3n) is 5.39. The Morgan fingerprint density at radius 3 is 2.60 bits per heavy atom. The summed E-state index contributed by atoms with van der Waals surface area (Å²) in [5, 5.41) is 12.8. The summed E-state index contributed by atoms with van der Waals surface area (Å²) in [7, 11) is -3.56. The van der Waals surface area contributed by atoms with Crippen LogP contribution in [0.15, 0.2) is 58.1 Å². The Hall–Kier alpha value is -2.75. The number of nitrogens with one attached hydrogen (secondary N) is 1. The van der Waals surface area contributed by atoms with Crippen molar-refractivity contribution in [3.8, 4) is 0 Å². The van der Waals surface area contributed by atoms with Crippen molar-refractivity contribution in [1.82, 2.24) is 14.6 Å². The summed E-state index contributed by atoms with van der Waals surface area (Å²) in [6.07, 6.45) is 4.51. The number of aliphatic hydroxyl groups is 1. The van der Waals surface area contributed by atoms with Gasteiger partial charge in [-0.05, 0) is 48.6 Å². The van der Waals surface area contributed by atoms with Crippen molar-refractivity contribution < 1.29 is 22.7 Å². The molecule has 2 N–H and O–H groups in total. The minimum atomic E-state index is -3.56. The first kappa shape index (κ1) is 20.5. The van der Waals surface area contributed by atoms with Crippen LogP contribution in [0, 0.1) is 5.92 Å². The van der Waals surface area contributed by atoms with E-state index in [1.54, 1.807) is 48.8 Å². The fraction of sp³-hybridized carbons (Fsp3) is 0.333. The number of furan rings is 1. The van der Waals surface area contributed by atoms with Gasteiger partial charge in [-0.1, -0.05) is 12.1 Å². The maximum atomic E-state index is 12.8. The molecule has 4 rings (SSSR count). The smallest absolute Gasteiger partial charge is 0.287 e. The fourth-order valence-corrected chi connectivity index (χ4v) is 5.00. The van der Waals surface area contributed by atoms with Gasteiger partial charge in [0.2, 0.25) is 10.0 Å². The Balaban J connectivity index is 1.38. The Kier molecular flexibility index (Phi) is 5.85. The average molecular weight is 429 g/mol. The number of carbonyl (C=O) groups excluding carboxylic acids is 1. The Morgan fingerprint density at radius 1 is 1.20 bits per heavy atom. The number of aliphatic hydroxyl groups excluding tert-OH is 1. The quantitative estimate of drug-likeness (QED) is 0.621. The molecule has 0 saturated carbocycles. The highest BCUT2D eigenvalue weighted by molar-refractivity contribution is 7.89. The summed E-state index contributed by atoms with van der Waals surface area (Å²) in [4.78, 5) is 16.5. The summed E-state index contributed by atoms with van der Waals surface area (Å²) < 4.78 is 32.6. The highest BCUT2D eigenvalue weighted by Crippen LogP contribution is 2.24. The minimum absolute atomic E-state index is 0.0965. The zero-order valence-electron chi connectivity index (χ0n) is 16.3. The molecule has 1 saturated heterocycles. The summed E-state index contributed by atoms with van der Waals surface area (Å²) in [6, 6.07) is 9.92. The topological polar surface area (TPSA) is 113 Å². The molecule has 1 fully saturated rings. The molecule has 3 aromatic rings. The van der Waals surface area contributed by atoms with Crippen molar-refractivity contribution in [3.63, 3.8) is 0 Å². The van der Waals surface area contributed by atoms with E-state index in [1.165, 1.54) is 4.31 Å². The van der Waals surface area contributed by atoms with E-state index >= 15 is 0 Å². The predicted molar refractivity (Wildman–Crippen MR) is 110 cm³/mol. The van der Waals surface area contributed by atoms with Crippen molar-refractivity contribution in [1.29, 1.82) is 0 Å². The summed E-state index contributed by atoms with van der Waals surface area (Å²) in [6.45, 7) is 1.17. The molecule has 0 aliphatic carbocycles. The number of hydrogen-bond donors (Lipinski definition) is 2. The number of rotatable bonds is 6. The Bertz CT molecular complexity index is 1100. The third kappa shape index (κ3) is 4.23. The molecule has 8 nitrogen and oxygen atoms in total. The number of nitrogens with zero attached hydrogens (tertiary/aromatic N) is 2. The number of carbonyl (C=O) groups is 1. The molecule has 1 aliphatic rings. The summed E-state index contributed by atoms with van der Waals surface area (Å²) in [5.41, 5.74) is 1.32. The lowest BCUT2D eigenvalue weighted by atomic mass is 10.00.